The Hall–Kier alpha value is -3.66. The quantitative estimate of drug-likeness (QED) is 0.450. The van der Waals surface area contributed by atoms with E-state index < -0.39 is 0 Å². The predicted octanol–water partition coefficient (Wildman–Crippen LogP) is 5.05. The Bertz CT molecular complexity index is 986. The lowest BCUT2D eigenvalue weighted by Crippen LogP contribution is -1.97. The molecule has 0 spiro atoms. The molecular formula is C24H18O4. The van der Waals surface area contributed by atoms with Gasteiger partial charge in [-0.1, -0.05) is 48.5 Å². The molecule has 0 fully saturated rings. The standard InChI is InChI=1S/C24H18O4/c1-15(27)17-3-7-19(8-4-17)23-11-22(14-26)24(12-21(23)13-25)20-9-5-18(6-10-20)16(2)28/h3-14H,1-2H3. The molecule has 0 aromatic heterocycles. The van der Waals surface area contributed by atoms with Crippen LogP contribution in [-0.2, 0) is 0 Å². The highest BCUT2D eigenvalue weighted by atomic mass is 16.1. The molecule has 4 nitrogen and oxygen atoms in total. The van der Waals surface area contributed by atoms with E-state index in [1.165, 1.54) is 13.8 Å². The van der Waals surface area contributed by atoms with Gasteiger partial charge < -0.3 is 0 Å². The van der Waals surface area contributed by atoms with Crippen molar-refractivity contribution in [2.24, 2.45) is 0 Å². The van der Waals surface area contributed by atoms with E-state index in [9.17, 15) is 19.2 Å². The van der Waals surface area contributed by atoms with Crippen molar-refractivity contribution in [3.63, 3.8) is 0 Å². The molecule has 0 aliphatic heterocycles. The molecule has 3 rings (SSSR count). The first kappa shape index (κ1) is 19.1. The Morgan fingerprint density at radius 2 is 0.929 bits per heavy atom. The first-order valence-corrected chi connectivity index (χ1v) is 8.75. The summed E-state index contributed by atoms with van der Waals surface area (Å²) < 4.78 is 0. The first-order valence-electron chi connectivity index (χ1n) is 8.75. The van der Waals surface area contributed by atoms with Gasteiger partial charge in [-0.15, -0.1) is 0 Å². The van der Waals surface area contributed by atoms with Gasteiger partial charge in [-0.2, -0.15) is 0 Å². The molecule has 0 unspecified atom stereocenters. The molecule has 4 heteroatoms. The zero-order chi connectivity index (χ0) is 20.3. The van der Waals surface area contributed by atoms with Crippen LogP contribution >= 0.6 is 0 Å². The highest BCUT2D eigenvalue weighted by Crippen LogP contribution is 2.31. The van der Waals surface area contributed by atoms with Crippen LogP contribution in [0.3, 0.4) is 0 Å². The van der Waals surface area contributed by atoms with Crippen molar-refractivity contribution in [3.05, 3.63) is 82.9 Å². The minimum atomic E-state index is -0.0416. The van der Waals surface area contributed by atoms with Crippen molar-refractivity contribution in [1.29, 1.82) is 0 Å². The molecule has 0 amide bonds. The minimum Gasteiger partial charge on any atom is -0.298 e. The second kappa shape index (κ2) is 7.92. The number of carbonyl (C=O) groups is 4. The number of benzene rings is 3. The second-order valence-corrected chi connectivity index (χ2v) is 6.53. The smallest absolute Gasteiger partial charge is 0.159 e. The highest BCUT2D eigenvalue weighted by molar-refractivity contribution is 5.99. The van der Waals surface area contributed by atoms with Gasteiger partial charge >= 0.3 is 0 Å². The van der Waals surface area contributed by atoms with Crippen molar-refractivity contribution in [1.82, 2.24) is 0 Å². The summed E-state index contributed by atoms with van der Waals surface area (Å²) in [5.74, 6) is -0.0832. The zero-order valence-corrected chi connectivity index (χ0v) is 15.6. The minimum absolute atomic E-state index is 0.0416. The summed E-state index contributed by atoms with van der Waals surface area (Å²) in [6.07, 6.45) is 1.49. The molecule has 0 aliphatic rings. The molecule has 0 heterocycles. The summed E-state index contributed by atoms with van der Waals surface area (Å²) in [5.41, 5.74) is 4.76. The topological polar surface area (TPSA) is 68.3 Å². The SMILES string of the molecule is CC(=O)c1ccc(-c2cc(C=O)c(-c3ccc(C(C)=O)cc3)cc2C=O)cc1. The van der Waals surface area contributed by atoms with Crippen molar-refractivity contribution < 1.29 is 19.2 Å². The molecule has 0 atom stereocenters. The summed E-state index contributed by atoms with van der Waals surface area (Å²) in [5, 5.41) is 0. The summed E-state index contributed by atoms with van der Waals surface area (Å²) in [7, 11) is 0. The zero-order valence-electron chi connectivity index (χ0n) is 15.6. The van der Waals surface area contributed by atoms with Crippen LogP contribution in [-0.4, -0.2) is 24.1 Å². The van der Waals surface area contributed by atoms with E-state index in [0.29, 0.717) is 33.4 Å². The predicted molar refractivity (Wildman–Crippen MR) is 108 cm³/mol. The van der Waals surface area contributed by atoms with Crippen LogP contribution in [0.4, 0.5) is 0 Å². The molecule has 3 aromatic carbocycles. The fourth-order valence-corrected chi connectivity index (χ4v) is 3.10. The summed E-state index contributed by atoms with van der Waals surface area (Å²) in [6, 6.07) is 17.2. The highest BCUT2D eigenvalue weighted by Gasteiger charge is 2.13. The maximum Gasteiger partial charge on any atom is 0.159 e. The number of rotatable bonds is 6. The molecule has 28 heavy (non-hydrogen) atoms. The van der Waals surface area contributed by atoms with Gasteiger partial charge in [-0.25, -0.2) is 0 Å². The van der Waals surface area contributed by atoms with Gasteiger partial charge in [0.1, 0.15) is 0 Å². The van der Waals surface area contributed by atoms with Crippen molar-refractivity contribution in [2.75, 3.05) is 0 Å². The number of hydrogen-bond acceptors (Lipinski definition) is 4. The Morgan fingerprint density at radius 3 is 1.18 bits per heavy atom. The van der Waals surface area contributed by atoms with Crippen LogP contribution in [0.1, 0.15) is 55.3 Å². The molecule has 0 saturated heterocycles. The largest absolute Gasteiger partial charge is 0.298 e. The molecular weight excluding hydrogens is 352 g/mol. The lowest BCUT2D eigenvalue weighted by Gasteiger charge is -2.12. The number of hydrogen-bond donors (Lipinski definition) is 0. The van der Waals surface area contributed by atoms with Gasteiger partial charge in [-0.05, 0) is 48.2 Å². The molecule has 0 radical (unpaired) electrons. The number of aldehydes is 2. The van der Waals surface area contributed by atoms with Crippen molar-refractivity contribution in [3.8, 4) is 22.3 Å². The fourth-order valence-electron chi connectivity index (χ4n) is 3.10. The van der Waals surface area contributed by atoms with Crippen LogP contribution in [0.5, 0.6) is 0 Å². The fraction of sp³-hybridized carbons (Fsp3) is 0.0833. The average Bonchev–Trinajstić information content (AvgIpc) is 2.72. The van der Waals surface area contributed by atoms with E-state index in [4.69, 9.17) is 0 Å². The van der Waals surface area contributed by atoms with Crippen molar-refractivity contribution >= 4 is 24.1 Å². The monoisotopic (exact) mass is 370 g/mol. The average molecular weight is 370 g/mol. The van der Waals surface area contributed by atoms with Gasteiger partial charge in [0, 0.05) is 22.3 Å². The number of carbonyl (C=O) groups excluding carboxylic acids is 4. The molecule has 3 aromatic rings. The Kier molecular flexibility index (Phi) is 5.41. The molecule has 0 saturated carbocycles. The van der Waals surface area contributed by atoms with E-state index in [0.717, 1.165) is 23.7 Å². The Labute approximate surface area is 162 Å². The third kappa shape index (κ3) is 3.71. The summed E-state index contributed by atoms with van der Waals surface area (Å²) in [4.78, 5) is 46.4. The lowest BCUT2D eigenvalue weighted by molar-refractivity contribution is 0.100. The van der Waals surface area contributed by atoms with Gasteiger partial charge in [0.2, 0.25) is 0 Å². The third-order valence-electron chi connectivity index (χ3n) is 4.68. The van der Waals surface area contributed by atoms with Gasteiger partial charge in [0.25, 0.3) is 0 Å². The van der Waals surface area contributed by atoms with Gasteiger partial charge in [-0.3, -0.25) is 19.2 Å². The second-order valence-electron chi connectivity index (χ2n) is 6.53. The van der Waals surface area contributed by atoms with E-state index in [2.05, 4.69) is 0 Å². The Balaban J connectivity index is 2.12. The lowest BCUT2D eigenvalue weighted by atomic mass is 9.91. The van der Waals surface area contributed by atoms with Crippen molar-refractivity contribution in [2.45, 2.75) is 13.8 Å². The van der Waals surface area contributed by atoms with E-state index in [1.54, 1.807) is 60.7 Å². The van der Waals surface area contributed by atoms with Crippen LogP contribution in [0.25, 0.3) is 22.3 Å². The molecule has 0 aliphatic carbocycles. The third-order valence-corrected chi connectivity index (χ3v) is 4.68. The van der Waals surface area contributed by atoms with E-state index in [-0.39, 0.29) is 11.6 Å². The van der Waals surface area contributed by atoms with Crippen LogP contribution < -0.4 is 0 Å². The first-order chi connectivity index (χ1) is 13.4. The maximum atomic E-state index is 11.7. The van der Waals surface area contributed by atoms with Gasteiger partial charge in [0.05, 0.1) is 0 Å². The van der Waals surface area contributed by atoms with Gasteiger partial charge in [0.15, 0.2) is 24.1 Å². The molecule has 0 bridgehead atoms. The summed E-state index contributed by atoms with van der Waals surface area (Å²) in [6.45, 7) is 2.98. The van der Waals surface area contributed by atoms with Crippen LogP contribution in [0.15, 0.2) is 60.7 Å². The molecule has 0 N–H and O–H groups in total. The van der Waals surface area contributed by atoms with Crippen LogP contribution in [0.2, 0.25) is 0 Å². The summed E-state index contributed by atoms with van der Waals surface area (Å²) >= 11 is 0. The molecule has 138 valence electrons. The van der Waals surface area contributed by atoms with Crippen LogP contribution in [0, 0.1) is 0 Å². The maximum absolute atomic E-state index is 11.7. The number of ketones is 2. The Morgan fingerprint density at radius 1 is 0.607 bits per heavy atom. The normalized spacial score (nSPS) is 10.4. The number of Topliss-reactive ketones (excluding diaryl/α,β-unsaturated/α-hetero) is 2. The van der Waals surface area contributed by atoms with E-state index >= 15 is 0 Å². The van der Waals surface area contributed by atoms with E-state index in [1.807, 2.05) is 0 Å².